The molecule has 5 N–H and O–H groups in total. The van der Waals surface area contributed by atoms with Gasteiger partial charge in [0.05, 0.1) is 17.3 Å². The van der Waals surface area contributed by atoms with Crippen LogP contribution in [0, 0.1) is 5.82 Å². The van der Waals surface area contributed by atoms with Crippen LogP contribution in [0.15, 0.2) is 18.3 Å². The van der Waals surface area contributed by atoms with E-state index in [-0.39, 0.29) is 5.56 Å². The lowest BCUT2D eigenvalue weighted by Crippen LogP contribution is -2.12. The Labute approximate surface area is 100 Å². The molecule has 3 rings (SSSR count). The van der Waals surface area contributed by atoms with Gasteiger partial charge in [0.2, 0.25) is 0 Å². The topological polar surface area (TPSA) is 102 Å². The number of nitrogens with two attached hydrogens (primary N) is 2. The van der Waals surface area contributed by atoms with Gasteiger partial charge in [-0.2, -0.15) is 5.10 Å². The number of carbonyl (C=O) groups excluding carboxylic acids is 1. The van der Waals surface area contributed by atoms with Crippen molar-refractivity contribution in [2.45, 2.75) is 6.54 Å². The van der Waals surface area contributed by atoms with Crippen LogP contribution in [0.5, 0.6) is 0 Å². The van der Waals surface area contributed by atoms with Crippen molar-refractivity contribution in [3.05, 3.63) is 35.3 Å². The quantitative estimate of drug-likeness (QED) is 0.614. The summed E-state index contributed by atoms with van der Waals surface area (Å²) >= 11 is 0. The standard InChI is InChI=1S/C11H10FN5O/c12-6-1-7(10(14)18)9-8(2-6)16-11-5(3-13)4-15-17(9)11/h1-2,4,16H,3,13H2,(H2,14,18). The molecule has 0 spiro atoms. The van der Waals surface area contributed by atoms with E-state index >= 15 is 0 Å². The first-order valence-electron chi connectivity index (χ1n) is 5.29. The molecule has 18 heavy (non-hydrogen) atoms. The molecule has 1 amide bonds. The maximum absolute atomic E-state index is 13.4. The Morgan fingerprint density at radius 3 is 2.94 bits per heavy atom. The van der Waals surface area contributed by atoms with E-state index in [0.29, 0.717) is 23.2 Å². The van der Waals surface area contributed by atoms with Crippen LogP contribution in [0.2, 0.25) is 0 Å². The van der Waals surface area contributed by atoms with Crippen LogP contribution in [-0.2, 0) is 6.54 Å². The Bertz CT molecular complexity index is 773. The second-order valence-electron chi connectivity index (χ2n) is 3.97. The SMILES string of the molecule is NCc1cnn2c1[nH]c1cc(F)cc(C(N)=O)c12. The first kappa shape index (κ1) is 10.7. The zero-order chi connectivity index (χ0) is 12.9. The van der Waals surface area contributed by atoms with Gasteiger partial charge in [0.15, 0.2) is 0 Å². The highest BCUT2D eigenvalue weighted by atomic mass is 19.1. The molecular weight excluding hydrogens is 237 g/mol. The number of aromatic nitrogens is 3. The van der Waals surface area contributed by atoms with Gasteiger partial charge in [-0.15, -0.1) is 0 Å². The summed E-state index contributed by atoms with van der Waals surface area (Å²) in [7, 11) is 0. The summed E-state index contributed by atoms with van der Waals surface area (Å²) in [6, 6.07) is 2.39. The van der Waals surface area contributed by atoms with Gasteiger partial charge in [-0.1, -0.05) is 0 Å². The smallest absolute Gasteiger partial charge is 0.251 e. The molecule has 6 nitrogen and oxygen atoms in total. The third kappa shape index (κ3) is 1.31. The number of primary amides is 1. The molecule has 1 aromatic carbocycles. The van der Waals surface area contributed by atoms with E-state index in [0.717, 1.165) is 11.6 Å². The molecule has 0 aliphatic rings. The summed E-state index contributed by atoms with van der Waals surface area (Å²) < 4.78 is 14.9. The van der Waals surface area contributed by atoms with Crippen molar-refractivity contribution in [2.75, 3.05) is 0 Å². The molecule has 7 heteroatoms. The van der Waals surface area contributed by atoms with Gasteiger partial charge in [-0.05, 0) is 12.1 Å². The second kappa shape index (κ2) is 3.54. The first-order chi connectivity index (χ1) is 8.61. The number of nitrogens with one attached hydrogen (secondary N) is 1. The minimum absolute atomic E-state index is 0.0860. The Balaban J connectivity index is 2.51. The number of rotatable bonds is 2. The number of H-pyrrole nitrogens is 1. The molecule has 0 radical (unpaired) electrons. The summed E-state index contributed by atoms with van der Waals surface area (Å²) in [6.07, 6.45) is 1.60. The fraction of sp³-hybridized carbons (Fsp3) is 0.0909. The van der Waals surface area contributed by atoms with Gasteiger partial charge in [0.1, 0.15) is 17.0 Å². The zero-order valence-electron chi connectivity index (χ0n) is 9.27. The van der Waals surface area contributed by atoms with E-state index in [1.807, 2.05) is 0 Å². The van der Waals surface area contributed by atoms with E-state index in [2.05, 4.69) is 10.1 Å². The largest absolute Gasteiger partial charge is 0.366 e. The monoisotopic (exact) mass is 247 g/mol. The maximum atomic E-state index is 13.4. The number of hydrogen-bond acceptors (Lipinski definition) is 3. The second-order valence-corrected chi connectivity index (χ2v) is 3.97. The van der Waals surface area contributed by atoms with E-state index in [9.17, 15) is 9.18 Å². The average Bonchev–Trinajstić information content (AvgIpc) is 2.85. The number of amides is 1. The van der Waals surface area contributed by atoms with Crippen molar-refractivity contribution < 1.29 is 9.18 Å². The number of halogens is 1. The highest BCUT2D eigenvalue weighted by Gasteiger charge is 2.16. The maximum Gasteiger partial charge on any atom is 0.251 e. The van der Waals surface area contributed by atoms with Crippen LogP contribution in [0.3, 0.4) is 0 Å². The molecule has 0 aliphatic carbocycles. The van der Waals surface area contributed by atoms with E-state index in [1.54, 1.807) is 6.20 Å². The number of nitrogens with zero attached hydrogens (tertiary/aromatic N) is 2. The van der Waals surface area contributed by atoms with Crippen LogP contribution >= 0.6 is 0 Å². The van der Waals surface area contributed by atoms with Crippen molar-refractivity contribution in [1.29, 1.82) is 0 Å². The van der Waals surface area contributed by atoms with Gasteiger partial charge in [-0.25, -0.2) is 8.91 Å². The van der Waals surface area contributed by atoms with Gasteiger partial charge in [-0.3, -0.25) is 4.79 Å². The fourth-order valence-corrected chi connectivity index (χ4v) is 2.07. The molecule has 0 bridgehead atoms. The molecule has 2 aromatic heterocycles. The fourth-order valence-electron chi connectivity index (χ4n) is 2.07. The Morgan fingerprint density at radius 2 is 2.28 bits per heavy atom. The van der Waals surface area contributed by atoms with Gasteiger partial charge in [0.25, 0.3) is 5.91 Å². The highest BCUT2D eigenvalue weighted by molar-refractivity contribution is 6.05. The number of carbonyl (C=O) groups is 1. The molecule has 0 aliphatic heterocycles. The summed E-state index contributed by atoms with van der Waals surface area (Å²) in [6.45, 7) is 0.296. The summed E-state index contributed by atoms with van der Waals surface area (Å²) in [4.78, 5) is 14.3. The van der Waals surface area contributed by atoms with Crippen LogP contribution < -0.4 is 11.5 Å². The third-order valence-corrected chi connectivity index (χ3v) is 2.87. The minimum Gasteiger partial charge on any atom is -0.366 e. The molecular formula is C11H10FN5O. The number of imidazole rings is 1. The molecule has 92 valence electrons. The van der Waals surface area contributed by atoms with E-state index in [4.69, 9.17) is 11.5 Å². The molecule has 0 saturated carbocycles. The highest BCUT2D eigenvalue weighted by Crippen LogP contribution is 2.23. The molecule has 0 saturated heterocycles. The van der Waals surface area contributed by atoms with Crippen molar-refractivity contribution in [2.24, 2.45) is 11.5 Å². The lowest BCUT2D eigenvalue weighted by molar-refractivity contribution is 0.100. The normalized spacial score (nSPS) is 11.4. The average molecular weight is 247 g/mol. The minimum atomic E-state index is -0.704. The van der Waals surface area contributed by atoms with Crippen molar-refractivity contribution in [1.82, 2.24) is 14.6 Å². The van der Waals surface area contributed by atoms with Crippen molar-refractivity contribution >= 4 is 22.6 Å². The van der Waals surface area contributed by atoms with Crippen LogP contribution in [0.1, 0.15) is 15.9 Å². The van der Waals surface area contributed by atoms with Gasteiger partial charge < -0.3 is 16.5 Å². The molecule has 3 aromatic rings. The molecule has 0 unspecified atom stereocenters. The third-order valence-electron chi connectivity index (χ3n) is 2.87. The number of hydrogen-bond donors (Lipinski definition) is 3. The number of fused-ring (bicyclic) bond motifs is 3. The lowest BCUT2D eigenvalue weighted by Gasteiger charge is -1.99. The van der Waals surface area contributed by atoms with Crippen LogP contribution in [0.25, 0.3) is 16.7 Å². The number of aromatic amines is 1. The van der Waals surface area contributed by atoms with Gasteiger partial charge in [0, 0.05) is 12.1 Å². The molecule has 2 heterocycles. The Hall–Kier alpha value is -2.41. The van der Waals surface area contributed by atoms with E-state index in [1.165, 1.54) is 10.6 Å². The summed E-state index contributed by atoms with van der Waals surface area (Å²) in [5.41, 5.74) is 13.2. The van der Waals surface area contributed by atoms with Gasteiger partial charge >= 0.3 is 0 Å². The van der Waals surface area contributed by atoms with Crippen LogP contribution in [-0.4, -0.2) is 20.5 Å². The first-order valence-corrected chi connectivity index (χ1v) is 5.29. The van der Waals surface area contributed by atoms with Crippen LogP contribution in [0.4, 0.5) is 4.39 Å². The zero-order valence-corrected chi connectivity index (χ0v) is 9.27. The summed E-state index contributed by atoms with van der Waals surface area (Å²) in [5, 5.41) is 4.13. The lowest BCUT2D eigenvalue weighted by atomic mass is 10.1. The predicted molar refractivity (Wildman–Crippen MR) is 63.4 cm³/mol. The summed E-state index contributed by atoms with van der Waals surface area (Å²) in [5.74, 6) is -1.24. The Morgan fingerprint density at radius 1 is 1.50 bits per heavy atom. The van der Waals surface area contributed by atoms with Crippen molar-refractivity contribution in [3.63, 3.8) is 0 Å². The Kier molecular flexibility index (Phi) is 2.11. The van der Waals surface area contributed by atoms with Crippen molar-refractivity contribution in [3.8, 4) is 0 Å². The van der Waals surface area contributed by atoms with E-state index < -0.39 is 11.7 Å². The predicted octanol–water partition coefficient (Wildman–Crippen LogP) is 0.512. The molecule has 0 atom stereocenters. The molecule has 0 fully saturated rings. The number of benzene rings is 1.